The maximum Gasteiger partial charge on any atom is 0.383 e. The smallest absolute Gasteiger partial charge is 0.383 e. The average Bonchev–Trinajstić information content (AvgIpc) is 2.19. The summed E-state index contributed by atoms with van der Waals surface area (Å²) in [6.07, 6.45) is 0. The largest absolute Gasteiger partial charge is 0.770 e. The standard InChI is InChI=1S/C7H6IO5P/c8-13-14(10,11)7(9)12-6-4-2-1-3-5-6/h1-5H,(H,10,11)/p-1. The van der Waals surface area contributed by atoms with Crippen LogP contribution in [0.5, 0.6) is 5.75 Å². The van der Waals surface area contributed by atoms with Gasteiger partial charge in [-0.25, -0.2) is 4.79 Å². The number of rotatable bonds is 3. The highest BCUT2D eigenvalue weighted by Crippen LogP contribution is 2.41. The van der Waals surface area contributed by atoms with Crippen molar-refractivity contribution in [3.8, 4) is 5.75 Å². The van der Waals surface area contributed by atoms with Crippen LogP contribution in [0.15, 0.2) is 30.3 Å². The third-order valence-electron chi connectivity index (χ3n) is 1.26. The minimum Gasteiger partial charge on any atom is -0.770 e. The molecule has 1 aromatic carbocycles. The molecule has 1 rings (SSSR count). The van der Waals surface area contributed by atoms with Gasteiger partial charge in [0.1, 0.15) is 28.8 Å². The normalized spacial score (nSPS) is 14.4. The van der Waals surface area contributed by atoms with Gasteiger partial charge in [0, 0.05) is 0 Å². The third kappa shape index (κ3) is 3.06. The summed E-state index contributed by atoms with van der Waals surface area (Å²) in [5.74, 6) is 0.155. The van der Waals surface area contributed by atoms with E-state index >= 15 is 0 Å². The second-order valence-corrected chi connectivity index (χ2v) is 4.93. The Labute approximate surface area is 94.3 Å². The summed E-state index contributed by atoms with van der Waals surface area (Å²) in [6.45, 7) is 0. The van der Waals surface area contributed by atoms with E-state index in [9.17, 15) is 14.3 Å². The zero-order chi connectivity index (χ0) is 10.6. The summed E-state index contributed by atoms with van der Waals surface area (Å²) in [5, 5.41) is 0. The van der Waals surface area contributed by atoms with Crippen LogP contribution >= 0.6 is 30.6 Å². The molecule has 0 spiro atoms. The van der Waals surface area contributed by atoms with Crippen LogP contribution in [0.4, 0.5) is 4.79 Å². The Morgan fingerprint density at radius 1 is 1.36 bits per heavy atom. The third-order valence-corrected chi connectivity index (χ3v) is 3.54. The minimum absolute atomic E-state index is 0.155. The molecule has 1 unspecified atom stereocenters. The lowest BCUT2D eigenvalue weighted by Gasteiger charge is -2.16. The van der Waals surface area contributed by atoms with E-state index in [0.717, 1.165) is 23.0 Å². The van der Waals surface area contributed by atoms with Crippen molar-refractivity contribution in [1.82, 2.24) is 0 Å². The van der Waals surface area contributed by atoms with Crippen molar-refractivity contribution in [2.75, 3.05) is 0 Å². The Hall–Kier alpha value is -0.430. The van der Waals surface area contributed by atoms with Gasteiger partial charge in [-0.05, 0) is 12.1 Å². The molecule has 0 fully saturated rings. The van der Waals surface area contributed by atoms with Crippen molar-refractivity contribution in [3.63, 3.8) is 0 Å². The van der Waals surface area contributed by atoms with E-state index in [4.69, 9.17) is 0 Å². The van der Waals surface area contributed by atoms with Crippen LogP contribution in [0.1, 0.15) is 0 Å². The molecule has 7 heteroatoms. The van der Waals surface area contributed by atoms with E-state index in [2.05, 4.69) is 7.59 Å². The van der Waals surface area contributed by atoms with Gasteiger partial charge in [-0.2, -0.15) is 0 Å². The fourth-order valence-electron chi connectivity index (χ4n) is 0.673. The van der Waals surface area contributed by atoms with Crippen molar-refractivity contribution in [1.29, 1.82) is 0 Å². The SMILES string of the molecule is O=C(Oc1ccccc1)P(=O)([O-])OI. The van der Waals surface area contributed by atoms with Crippen LogP contribution in [-0.4, -0.2) is 5.71 Å². The molecule has 0 amide bonds. The van der Waals surface area contributed by atoms with Gasteiger partial charge in [-0.1, -0.05) is 18.2 Å². The first kappa shape index (κ1) is 11.6. The van der Waals surface area contributed by atoms with Gasteiger partial charge in [0.05, 0.1) is 0 Å². The molecule has 0 aliphatic rings. The van der Waals surface area contributed by atoms with E-state index in [1.165, 1.54) is 12.1 Å². The van der Waals surface area contributed by atoms with Crippen LogP contribution < -0.4 is 9.63 Å². The van der Waals surface area contributed by atoms with Crippen molar-refractivity contribution >= 4 is 36.3 Å². The molecule has 0 aliphatic heterocycles. The molecule has 0 saturated carbocycles. The van der Waals surface area contributed by atoms with Crippen molar-refractivity contribution in [2.24, 2.45) is 0 Å². The van der Waals surface area contributed by atoms with E-state index in [-0.39, 0.29) is 5.75 Å². The molecule has 0 aliphatic carbocycles. The van der Waals surface area contributed by atoms with Gasteiger partial charge >= 0.3 is 5.71 Å². The first-order chi connectivity index (χ1) is 6.56. The quantitative estimate of drug-likeness (QED) is 0.628. The summed E-state index contributed by atoms with van der Waals surface area (Å²) < 4.78 is 19.3. The summed E-state index contributed by atoms with van der Waals surface area (Å²) in [6, 6.07) is 7.87. The van der Waals surface area contributed by atoms with Crippen LogP contribution in [0.2, 0.25) is 0 Å². The maximum atomic E-state index is 10.9. The second-order valence-electron chi connectivity index (χ2n) is 2.25. The summed E-state index contributed by atoms with van der Waals surface area (Å²) in [4.78, 5) is 21.8. The van der Waals surface area contributed by atoms with Gasteiger partial charge in [0.2, 0.25) is 0 Å². The molecular weight excluding hydrogens is 322 g/mol. The molecular formula is C7H5IO5P-. The lowest BCUT2D eigenvalue weighted by atomic mass is 10.3. The predicted octanol–water partition coefficient (Wildman–Crippen LogP) is 2.11. The lowest BCUT2D eigenvalue weighted by Crippen LogP contribution is -2.15. The molecule has 0 bridgehead atoms. The van der Waals surface area contributed by atoms with Gasteiger partial charge in [0.15, 0.2) is 0 Å². The molecule has 0 radical (unpaired) electrons. The molecule has 1 atom stereocenters. The molecule has 76 valence electrons. The summed E-state index contributed by atoms with van der Waals surface area (Å²) in [7, 11) is -4.55. The summed E-state index contributed by atoms with van der Waals surface area (Å²) >= 11 is 1.11. The number of carbonyl (C=O) groups excluding carboxylic acids is 1. The van der Waals surface area contributed by atoms with Crippen LogP contribution in [0.25, 0.3) is 0 Å². The van der Waals surface area contributed by atoms with E-state index < -0.39 is 13.3 Å². The zero-order valence-electron chi connectivity index (χ0n) is 6.75. The lowest BCUT2D eigenvalue weighted by molar-refractivity contribution is -0.185. The molecule has 0 N–H and O–H groups in total. The predicted molar refractivity (Wildman–Crippen MR) is 55.2 cm³/mol. The Bertz CT molecular complexity index is 366. The number of para-hydroxylation sites is 1. The van der Waals surface area contributed by atoms with Crippen molar-refractivity contribution in [2.45, 2.75) is 0 Å². The number of ether oxygens (including phenoxy) is 1. The van der Waals surface area contributed by atoms with E-state index in [0.29, 0.717) is 0 Å². The van der Waals surface area contributed by atoms with Crippen LogP contribution in [0.3, 0.4) is 0 Å². The van der Waals surface area contributed by atoms with E-state index in [1.54, 1.807) is 18.2 Å². The van der Waals surface area contributed by atoms with Gasteiger partial charge in [-0.15, -0.1) is 0 Å². The first-order valence-electron chi connectivity index (χ1n) is 3.45. The Kier molecular flexibility index (Phi) is 4.06. The fraction of sp³-hybridized carbons (Fsp3) is 0. The first-order valence-corrected chi connectivity index (χ1v) is 5.87. The Morgan fingerprint density at radius 3 is 2.43 bits per heavy atom. The summed E-state index contributed by atoms with van der Waals surface area (Å²) in [5.41, 5.74) is -1.40. The fourth-order valence-corrected chi connectivity index (χ4v) is 1.43. The molecule has 1 aromatic rings. The zero-order valence-corrected chi connectivity index (χ0v) is 9.81. The highest BCUT2D eigenvalue weighted by Gasteiger charge is 2.21. The van der Waals surface area contributed by atoms with Gasteiger partial charge in [-0.3, -0.25) is 7.42 Å². The Morgan fingerprint density at radius 2 is 1.93 bits per heavy atom. The second kappa shape index (κ2) is 4.88. The van der Waals surface area contributed by atoms with E-state index in [1.807, 2.05) is 0 Å². The topological polar surface area (TPSA) is 75.7 Å². The monoisotopic (exact) mass is 327 g/mol. The number of hydrogen-bond acceptors (Lipinski definition) is 5. The average molecular weight is 327 g/mol. The minimum atomic E-state index is -4.55. The number of hydrogen-bond donors (Lipinski definition) is 0. The highest BCUT2D eigenvalue weighted by atomic mass is 127. The van der Waals surface area contributed by atoms with Gasteiger partial charge < -0.3 is 9.63 Å². The maximum absolute atomic E-state index is 10.9. The van der Waals surface area contributed by atoms with Crippen molar-refractivity contribution in [3.05, 3.63) is 30.3 Å². The molecule has 0 heterocycles. The molecule has 5 nitrogen and oxygen atoms in total. The Balaban J connectivity index is 2.72. The number of benzene rings is 1. The van der Waals surface area contributed by atoms with Crippen LogP contribution in [0, 0.1) is 0 Å². The number of carbonyl (C=O) groups is 1. The van der Waals surface area contributed by atoms with Gasteiger partial charge in [0.25, 0.3) is 7.60 Å². The van der Waals surface area contributed by atoms with Crippen molar-refractivity contribution < 1.29 is 21.8 Å². The molecule has 0 aromatic heterocycles. The highest BCUT2D eigenvalue weighted by molar-refractivity contribution is 14.1. The van der Waals surface area contributed by atoms with Crippen LogP contribution in [-0.2, 0) is 7.42 Å². The number of halogens is 1. The molecule has 14 heavy (non-hydrogen) atoms. The molecule has 0 saturated heterocycles.